The monoisotopic (exact) mass is 1770 g/mol. The fourth-order valence-electron chi connectivity index (χ4n) is 12.1. The second-order valence-corrected chi connectivity index (χ2v) is 28.1. The largest absolute Gasteiger partial charge is 0.383 e. The summed E-state index contributed by atoms with van der Waals surface area (Å²) < 4.78 is 5.92. The van der Waals surface area contributed by atoms with Gasteiger partial charge in [-0.15, -0.1) is 0 Å². The molecule has 0 aliphatic rings. The molecule has 127 heavy (non-hydrogen) atoms. The molecule has 8 heterocycles. The van der Waals surface area contributed by atoms with Gasteiger partial charge in [-0.3, -0.25) is 110 Å². The molecular formula is C70H93N37O20. The number of carbonyl (C=O) groups is 13. The third kappa shape index (κ3) is 28.9. The highest BCUT2D eigenvalue weighted by molar-refractivity contribution is 5.92. The molecule has 8 rings (SSSR count). The Balaban J connectivity index is 0.955. The molecular weight excluding hydrogens is 1680 g/mol. The van der Waals surface area contributed by atoms with Crippen molar-refractivity contribution in [1.29, 1.82) is 0 Å². The third-order valence-corrected chi connectivity index (χ3v) is 18.7. The number of nitrogen functional groups attached to an aromatic ring is 4. The van der Waals surface area contributed by atoms with E-state index in [1.54, 1.807) is 0 Å². The first-order chi connectivity index (χ1) is 60.5. The van der Waals surface area contributed by atoms with Crippen LogP contribution < -0.4 is 106 Å². The van der Waals surface area contributed by atoms with E-state index in [9.17, 15) is 95.9 Å². The van der Waals surface area contributed by atoms with Crippen molar-refractivity contribution in [3.05, 3.63) is 150 Å². The number of H-pyrrole nitrogens is 3. The summed E-state index contributed by atoms with van der Waals surface area (Å²) >= 11 is 0. The van der Waals surface area contributed by atoms with Crippen molar-refractivity contribution in [1.82, 2.24) is 139 Å². The van der Waals surface area contributed by atoms with Crippen LogP contribution in [0.5, 0.6) is 0 Å². The second kappa shape index (κ2) is 46.0. The Morgan fingerprint density at radius 2 is 0.827 bits per heavy atom. The number of imidazole rings is 2. The van der Waals surface area contributed by atoms with Crippen LogP contribution in [0.2, 0.25) is 0 Å². The lowest BCUT2D eigenvalue weighted by Crippen LogP contribution is -2.51. The number of azide groups is 1. The number of amides is 13. The lowest BCUT2D eigenvalue weighted by atomic mass is 10.1. The number of hydrogen-bond acceptors (Lipinski definition) is 33. The van der Waals surface area contributed by atoms with E-state index in [2.05, 4.69) is 91.8 Å². The average molecular weight is 1770 g/mol. The fraction of sp³-hybridized carbons (Fsp3) is 0.443. The first-order valence-corrected chi connectivity index (χ1v) is 38.7. The van der Waals surface area contributed by atoms with Crippen LogP contribution in [-0.4, -0.2) is 314 Å². The highest BCUT2D eigenvalue weighted by atomic mass is 16.2. The van der Waals surface area contributed by atoms with Gasteiger partial charge < -0.3 is 105 Å². The average Bonchev–Trinajstić information content (AvgIpc) is 1.67. The van der Waals surface area contributed by atoms with Gasteiger partial charge in [0, 0.05) is 119 Å². The van der Waals surface area contributed by atoms with Crippen molar-refractivity contribution in [3.8, 4) is 0 Å². The molecule has 13 amide bonds. The van der Waals surface area contributed by atoms with Gasteiger partial charge in [0.05, 0.1) is 51.9 Å². The van der Waals surface area contributed by atoms with Crippen molar-refractivity contribution in [2.45, 2.75) is 78.4 Å². The van der Waals surface area contributed by atoms with Crippen LogP contribution >= 0.6 is 0 Å². The zero-order valence-electron chi connectivity index (χ0n) is 68.5. The number of carbonyl (C=O) groups excluding carboxylic acids is 13. The Morgan fingerprint density at radius 1 is 0.457 bits per heavy atom. The zero-order chi connectivity index (χ0) is 92.7. The Bertz CT molecular complexity index is 5940. The van der Waals surface area contributed by atoms with Crippen molar-refractivity contribution >= 4 is 123 Å². The van der Waals surface area contributed by atoms with Crippen molar-refractivity contribution in [3.63, 3.8) is 0 Å². The van der Waals surface area contributed by atoms with E-state index < -0.39 is 266 Å². The molecule has 0 saturated heterocycles. The lowest BCUT2D eigenvalue weighted by Gasteiger charge is -2.26. The highest BCUT2D eigenvalue weighted by Gasteiger charge is 2.29. The molecule has 0 radical (unpaired) electrons. The molecule has 0 aliphatic carbocycles. The quantitative estimate of drug-likeness (QED) is 0.00729. The second-order valence-electron chi connectivity index (χ2n) is 28.1. The molecule has 0 aliphatic heterocycles. The molecule has 21 N–H and O–H groups in total. The molecule has 57 heteroatoms. The summed E-state index contributed by atoms with van der Waals surface area (Å²) in [4.78, 5) is 310. The van der Waals surface area contributed by atoms with Gasteiger partial charge in [-0.05, 0) is 57.3 Å². The Morgan fingerprint density at radius 3 is 1.21 bits per heavy atom. The van der Waals surface area contributed by atoms with Gasteiger partial charge in [0.25, 0.3) is 16.7 Å². The first-order valence-electron chi connectivity index (χ1n) is 38.7. The normalized spacial score (nSPS) is 11.2. The van der Waals surface area contributed by atoms with Gasteiger partial charge in [-0.1, -0.05) is 5.11 Å². The molecule has 678 valence electrons. The smallest absolute Gasteiger partial charge is 0.349 e. The van der Waals surface area contributed by atoms with E-state index in [0.717, 1.165) is 89.7 Å². The topological polar surface area (TPSA) is 805 Å². The minimum absolute atomic E-state index is 0.0436. The van der Waals surface area contributed by atoms with Crippen LogP contribution in [0.3, 0.4) is 0 Å². The zero-order valence-corrected chi connectivity index (χ0v) is 68.5. The predicted molar refractivity (Wildman–Crippen MR) is 443 cm³/mol. The third-order valence-electron chi connectivity index (χ3n) is 18.7. The summed E-state index contributed by atoms with van der Waals surface area (Å²) in [5.41, 5.74) is 37.2. The molecule has 0 unspecified atom stereocenters. The number of hydrogen-bond donors (Lipinski definition) is 15. The number of unbranched alkanes of at least 4 members (excludes halogenated alkanes) is 1. The fourth-order valence-corrected chi connectivity index (χ4v) is 12.1. The van der Waals surface area contributed by atoms with Gasteiger partial charge in [-0.2, -0.15) is 15.0 Å². The van der Waals surface area contributed by atoms with Crippen LogP contribution in [-0.2, 0) is 102 Å². The molecule has 0 fully saturated rings. The molecule has 1 atom stereocenters. The maximum Gasteiger partial charge on any atom is 0.349 e. The van der Waals surface area contributed by atoms with E-state index >= 15 is 0 Å². The van der Waals surface area contributed by atoms with Crippen LogP contribution in [0.25, 0.3) is 32.8 Å². The van der Waals surface area contributed by atoms with Crippen LogP contribution in [0.4, 0.5) is 23.4 Å². The lowest BCUT2D eigenvalue weighted by molar-refractivity contribution is -0.138. The van der Waals surface area contributed by atoms with Gasteiger partial charge >= 0.3 is 22.8 Å². The number of aromatic nitrogens is 16. The molecule has 0 spiro atoms. The number of nitrogens with one attached hydrogen (secondary N) is 9. The first kappa shape index (κ1) is 96.1. The van der Waals surface area contributed by atoms with Crippen LogP contribution in [0, 0.1) is 13.8 Å². The van der Waals surface area contributed by atoms with E-state index in [0.29, 0.717) is 12.8 Å². The highest BCUT2D eigenvalue weighted by Crippen LogP contribution is 2.15. The molecule has 0 bridgehead atoms. The molecule has 8 aromatic rings. The molecule has 8 aromatic heterocycles. The number of anilines is 4. The number of fused-ring (bicyclic) bond motifs is 2. The standard InChI is InChI=1S/C70H93N37O20/c1-40-23-104(69(126)93-63(40)121)33-53(116)100(30-50(113)88-42(60(75)120)5-3-4-8-71)21-13-82-46(109)26-96(51(114)31-102-15-6-43(72)89-67(102)124)17-9-78-47(110)27-98(55(118)35-106-38-85-57-59(74)83-37-84-61(57)106)19-11-80-48(111)28-99(56(119)36-107-39-86-58-62(107)91-66(76)92-65(58)123)20-12-79-45(108)25-97(52(115)32-103-16-7-44(73)90-68(103)125)18-10-81-49(112)29-101(22-14-87-95-77)54(117)34-105-24-41(2)64(122)94-70(105)127/h6-7,15-16,23-24,37-39,42H,3-5,8-14,17-22,25-36,71H2,1-2H3,(H2,75,120)(H,78,110)(H,79,108)(H,80,111)(H,81,112)(H,82,109)(H,88,113)(H2,72,89,124)(H2,73,90,125)(H2,74,83,84)(H,93,121,126)(H,94,122,127)(H3,76,91,92,123)/t42-/m0/s1. The molecule has 57 nitrogen and oxygen atoms in total. The van der Waals surface area contributed by atoms with E-state index in [-0.39, 0.29) is 82.9 Å². The maximum absolute atomic E-state index is 14.5. The number of nitrogens with two attached hydrogens (primary N) is 6. The number of primary amides is 1. The van der Waals surface area contributed by atoms with E-state index in [1.807, 2.05) is 0 Å². The van der Waals surface area contributed by atoms with Gasteiger partial charge in [0.2, 0.25) is 82.7 Å². The van der Waals surface area contributed by atoms with Crippen molar-refractivity contribution in [2.75, 3.05) is 147 Å². The molecule has 0 saturated carbocycles. The van der Waals surface area contributed by atoms with Crippen molar-refractivity contribution in [2.24, 2.45) is 16.6 Å². The van der Waals surface area contributed by atoms with Gasteiger partial charge in [0.1, 0.15) is 68.8 Å². The number of nitrogens with zero attached hydrogens (tertiary/aromatic N) is 22. The molecule has 0 aromatic carbocycles. The number of aromatic amines is 3. The summed E-state index contributed by atoms with van der Waals surface area (Å²) in [6.07, 6.45) is 8.97. The van der Waals surface area contributed by atoms with Crippen LogP contribution in [0.1, 0.15) is 30.4 Å². The summed E-state index contributed by atoms with van der Waals surface area (Å²) in [7, 11) is 0. The maximum atomic E-state index is 14.5. The SMILES string of the molecule is Cc1cn(CC(=O)N(CCN=[N+]=[N-])CC(=O)NCCN(CC(=O)NCCN(CC(=O)NCCN(CC(=O)NCCN(CC(=O)NCCN(CC(=O)N[C@@H](CCCCN)C(N)=O)C(=O)Cn2cc(C)c(=O)[nH]c2=O)C(=O)Cn2ccc(N)nc2=O)C(=O)Cn2cnc3c(N)ncnc32)C(=O)Cn2cnc3c(=O)[nH]c(N)nc32)C(=O)Cn2ccc(N)nc2=O)c(=O)[nH]c1=O. The Kier molecular flexibility index (Phi) is 34.8. The Hall–Kier alpha value is -16.4. The van der Waals surface area contributed by atoms with Gasteiger partial charge in [-0.25, -0.2) is 39.1 Å². The Labute approximate surface area is 713 Å². The summed E-state index contributed by atoms with van der Waals surface area (Å²) in [6, 6.07) is 1.26. The minimum atomic E-state index is -1.17. The minimum Gasteiger partial charge on any atom is -0.383 e. The van der Waals surface area contributed by atoms with Crippen LogP contribution in [0.15, 0.2) is 94.6 Å². The number of rotatable bonds is 48. The summed E-state index contributed by atoms with van der Waals surface area (Å²) in [5.74, 6) is -12.1. The van der Waals surface area contributed by atoms with Crippen molar-refractivity contribution < 1.29 is 62.3 Å². The van der Waals surface area contributed by atoms with Gasteiger partial charge in [0.15, 0.2) is 22.6 Å². The van der Waals surface area contributed by atoms with E-state index in [4.69, 9.17) is 39.9 Å². The number of aryl methyl sites for hydroxylation is 2. The van der Waals surface area contributed by atoms with E-state index in [1.165, 1.54) is 36.9 Å². The predicted octanol–water partition coefficient (Wildman–Crippen LogP) is -12.5. The summed E-state index contributed by atoms with van der Waals surface area (Å²) in [5, 5.41) is 18.6. The summed E-state index contributed by atoms with van der Waals surface area (Å²) in [6.45, 7) is -10.8.